The number of furan rings is 1. The molecule has 3 aromatic rings. The summed E-state index contributed by atoms with van der Waals surface area (Å²) in [6, 6.07) is 9.06. The molecule has 2 aromatic heterocycles. The van der Waals surface area contributed by atoms with Gasteiger partial charge in [0.2, 0.25) is 17.6 Å². The highest BCUT2D eigenvalue weighted by molar-refractivity contribution is 5.93. The number of ether oxygens (including phenoxy) is 1. The lowest BCUT2D eigenvalue weighted by molar-refractivity contribution is -0.115. The van der Waals surface area contributed by atoms with Crippen LogP contribution in [0, 0.1) is 6.92 Å². The molecule has 0 spiro atoms. The SMILES string of the molecule is COc1ccc(C)cc1NC(=O)CNCc1nc(-c2ccco2)no1. The Morgan fingerprint density at radius 3 is 2.96 bits per heavy atom. The van der Waals surface area contributed by atoms with Crippen LogP contribution < -0.4 is 15.4 Å². The van der Waals surface area contributed by atoms with Gasteiger partial charge in [-0.3, -0.25) is 10.1 Å². The first-order chi connectivity index (χ1) is 12.2. The zero-order chi connectivity index (χ0) is 17.6. The normalized spacial score (nSPS) is 10.6. The molecule has 0 aliphatic carbocycles. The number of hydrogen-bond donors (Lipinski definition) is 2. The number of anilines is 1. The molecule has 0 saturated carbocycles. The lowest BCUT2D eigenvalue weighted by atomic mass is 10.2. The Morgan fingerprint density at radius 1 is 1.32 bits per heavy atom. The average Bonchev–Trinajstić information content (AvgIpc) is 3.26. The topological polar surface area (TPSA) is 102 Å². The quantitative estimate of drug-likeness (QED) is 0.679. The maximum absolute atomic E-state index is 12.1. The van der Waals surface area contributed by atoms with Gasteiger partial charge < -0.3 is 19.0 Å². The van der Waals surface area contributed by atoms with E-state index < -0.39 is 0 Å². The highest BCUT2D eigenvalue weighted by atomic mass is 16.5. The van der Waals surface area contributed by atoms with E-state index >= 15 is 0 Å². The first-order valence-corrected chi connectivity index (χ1v) is 7.67. The zero-order valence-corrected chi connectivity index (χ0v) is 13.9. The molecule has 2 N–H and O–H groups in total. The minimum Gasteiger partial charge on any atom is -0.495 e. The van der Waals surface area contributed by atoms with Crippen molar-refractivity contribution in [1.82, 2.24) is 15.5 Å². The number of hydrogen-bond acceptors (Lipinski definition) is 7. The lowest BCUT2D eigenvalue weighted by Crippen LogP contribution is -2.28. The minimum atomic E-state index is -0.199. The van der Waals surface area contributed by atoms with E-state index in [-0.39, 0.29) is 19.0 Å². The van der Waals surface area contributed by atoms with Crippen molar-refractivity contribution in [3.8, 4) is 17.3 Å². The van der Waals surface area contributed by atoms with E-state index in [9.17, 15) is 4.79 Å². The Morgan fingerprint density at radius 2 is 2.20 bits per heavy atom. The number of methoxy groups -OCH3 is 1. The summed E-state index contributed by atoms with van der Waals surface area (Å²) < 4.78 is 15.5. The number of rotatable bonds is 7. The lowest BCUT2D eigenvalue weighted by Gasteiger charge is -2.11. The molecule has 8 heteroatoms. The first-order valence-electron chi connectivity index (χ1n) is 7.67. The number of benzene rings is 1. The number of carbonyl (C=O) groups is 1. The molecule has 0 aliphatic heterocycles. The number of nitrogens with zero attached hydrogens (tertiary/aromatic N) is 2. The first kappa shape index (κ1) is 16.7. The summed E-state index contributed by atoms with van der Waals surface area (Å²) in [5.41, 5.74) is 1.66. The third-order valence-electron chi connectivity index (χ3n) is 3.40. The number of nitrogens with one attached hydrogen (secondary N) is 2. The fourth-order valence-electron chi connectivity index (χ4n) is 2.23. The van der Waals surface area contributed by atoms with Gasteiger partial charge in [0.25, 0.3) is 0 Å². The number of carbonyl (C=O) groups excluding carboxylic acids is 1. The molecule has 0 radical (unpaired) electrons. The van der Waals surface area contributed by atoms with Gasteiger partial charge in [0.1, 0.15) is 5.75 Å². The number of aromatic nitrogens is 2. The molecule has 130 valence electrons. The largest absolute Gasteiger partial charge is 0.495 e. The van der Waals surface area contributed by atoms with Crippen LogP contribution in [0.15, 0.2) is 45.5 Å². The summed E-state index contributed by atoms with van der Waals surface area (Å²) in [7, 11) is 1.56. The van der Waals surface area contributed by atoms with Crippen LogP contribution in [-0.4, -0.2) is 29.7 Å². The Hall–Kier alpha value is -3.13. The Balaban J connectivity index is 1.51. The van der Waals surface area contributed by atoms with Crippen molar-refractivity contribution in [2.24, 2.45) is 0 Å². The number of aryl methyl sites for hydroxylation is 1. The Bertz CT molecular complexity index is 842. The van der Waals surface area contributed by atoms with Crippen LogP contribution in [0.3, 0.4) is 0 Å². The van der Waals surface area contributed by atoms with E-state index in [1.165, 1.54) is 6.26 Å². The third-order valence-corrected chi connectivity index (χ3v) is 3.40. The molecule has 0 fully saturated rings. The molecule has 0 unspecified atom stereocenters. The molecular weight excluding hydrogens is 324 g/mol. The van der Waals surface area contributed by atoms with E-state index in [1.807, 2.05) is 25.1 Å². The highest BCUT2D eigenvalue weighted by Crippen LogP contribution is 2.24. The van der Waals surface area contributed by atoms with Crippen LogP contribution in [0.2, 0.25) is 0 Å². The average molecular weight is 342 g/mol. The van der Waals surface area contributed by atoms with E-state index in [0.717, 1.165) is 5.56 Å². The van der Waals surface area contributed by atoms with Crippen molar-refractivity contribution >= 4 is 11.6 Å². The van der Waals surface area contributed by atoms with Crippen LogP contribution in [0.4, 0.5) is 5.69 Å². The summed E-state index contributed by atoms with van der Waals surface area (Å²) in [4.78, 5) is 16.3. The van der Waals surface area contributed by atoms with Crippen LogP contribution in [0.1, 0.15) is 11.5 Å². The van der Waals surface area contributed by atoms with Crippen molar-refractivity contribution in [3.05, 3.63) is 48.0 Å². The molecule has 2 heterocycles. The molecule has 0 atom stereocenters. The molecule has 0 aliphatic rings. The summed E-state index contributed by atoms with van der Waals surface area (Å²) in [5, 5.41) is 9.58. The molecule has 8 nitrogen and oxygen atoms in total. The predicted octanol–water partition coefficient (Wildman–Crippen LogP) is 2.37. The summed E-state index contributed by atoms with van der Waals surface area (Å²) in [6.45, 7) is 2.31. The molecule has 0 saturated heterocycles. The maximum atomic E-state index is 12.1. The van der Waals surface area contributed by atoms with Crippen LogP contribution in [0.25, 0.3) is 11.6 Å². The van der Waals surface area contributed by atoms with Gasteiger partial charge in [-0.25, -0.2) is 0 Å². The van der Waals surface area contributed by atoms with Crippen molar-refractivity contribution in [2.75, 3.05) is 19.0 Å². The fourth-order valence-corrected chi connectivity index (χ4v) is 2.23. The number of amides is 1. The van der Waals surface area contributed by atoms with Gasteiger partial charge in [0.15, 0.2) is 5.76 Å². The summed E-state index contributed by atoms with van der Waals surface area (Å²) in [6.07, 6.45) is 1.54. The monoisotopic (exact) mass is 342 g/mol. The van der Waals surface area contributed by atoms with E-state index in [4.69, 9.17) is 13.7 Å². The van der Waals surface area contributed by atoms with E-state index in [1.54, 1.807) is 19.2 Å². The van der Waals surface area contributed by atoms with E-state index in [0.29, 0.717) is 28.9 Å². The molecule has 3 rings (SSSR count). The second kappa shape index (κ2) is 7.63. The molecule has 1 aromatic carbocycles. The van der Waals surface area contributed by atoms with Gasteiger partial charge in [-0.15, -0.1) is 0 Å². The smallest absolute Gasteiger partial charge is 0.241 e. The van der Waals surface area contributed by atoms with E-state index in [2.05, 4.69) is 20.8 Å². The van der Waals surface area contributed by atoms with Crippen molar-refractivity contribution < 1.29 is 18.5 Å². The predicted molar refractivity (Wildman–Crippen MR) is 90.1 cm³/mol. The maximum Gasteiger partial charge on any atom is 0.241 e. The molecule has 0 bridgehead atoms. The van der Waals surface area contributed by atoms with Crippen molar-refractivity contribution in [1.29, 1.82) is 0 Å². The Labute approximate surface area is 144 Å². The summed E-state index contributed by atoms with van der Waals surface area (Å²) in [5.74, 6) is 1.68. The van der Waals surface area contributed by atoms with Crippen LogP contribution in [0.5, 0.6) is 5.75 Å². The second-order valence-electron chi connectivity index (χ2n) is 5.34. The van der Waals surface area contributed by atoms with Gasteiger partial charge in [-0.1, -0.05) is 11.2 Å². The Kier molecular flexibility index (Phi) is 5.10. The van der Waals surface area contributed by atoms with Gasteiger partial charge in [-0.05, 0) is 36.8 Å². The molecular formula is C17H18N4O4. The highest BCUT2D eigenvalue weighted by Gasteiger charge is 2.12. The minimum absolute atomic E-state index is 0.0928. The standard InChI is InChI=1S/C17H18N4O4/c1-11-5-6-13(23-2)12(8-11)19-15(22)9-18-10-16-20-17(21-25-16)14-4-3-7-24-14/h3-8,18H,9-10H2,1-2H3,(H,19,22). The molecule has 25 heavy (non-hydrogen) atoms. The zero-order valence-electron chi connectivity index (χ0n) is 13.9. The summed E-state index contributed by atoms with van der Waals surface area (Å²) >= 11 is 0. The van der Waals surface area contributed by atoms with Crippen molar-refractivity contribution in [2.45, 2.75) is 13.5 Å². The van der Waals surface area contributed by atoms with Gasteiger partial charge in [0, 0.05) is 0 Å². The van der Waals surface area contributed by atoms with Crippen molar-refractivity contribution in [3.63, 3.8) is 0 Å². The fraction of sp³-hybridized carbons (Fsp3) is 0.235. The van der Waals surface area contributed by atoms with Gasteiger partial charge in [-0.2, -0.15) is 4.98 Å². The van der Waals surface area contributed by atoms with Gasteiger partial charge >= 0.3 is 0 Å². The second-order valence-corrected chi connectivity index (χ2v) is 5.34. The molecule has 1 amide bonds. The van der Waals surface area contributed by atoms with Crippen LogP contribution >= 0.6 is 0 Å². The van der Waals surface area contributed by atoms with Gasteiger partial charge in [0.05, 0.1) is 32.1 Å². The van der Waals surface area contributed by atoms with Crippen LogP contribution in [-0.2, 0) is 11.3 Å². The third kappa shape index (κ3) is 4.24.